The van der Waals surface area contributed by atoms with Crippen LogP contribution in [-0.2, 0) is 32.2 Å². The summed E-state index contributed by atoms with van der Waals surface area (Å²) in [5, 5.41) is 0. The van der Waals surface area contributed by atoms with Gasteiger partial charge in [-0.25, -0.2) is 4.79 Å². The molecule has 4 unspecified atom stereocenters. The third-order valence-corrected chi connectivity index (χ3v) is 9.14. The highest BCUT2D eigenvalue weighted by atomic mass is 16.6. The zero-order valence-corrected chi connectivity index (χ0v) is 27.4. The Morgan fingerprint density at radius 1 is 0.979 bits per heavy atom. The number of likely N-dealkylation sites (tertiary alicyclic amines) is 1. The molecule has 0 saturated carbocycles. The monoisotopic (exact) mass is 642 g/mol. The first-order valence-corrected chi connectivity index (χ1v) is 16.7. The molecule has 1 amide bonds. The molecule has 1 fully saturated rings. The number of allylic oxidation sites excluding steroid dienone is 1. The van der Waals surface area contributed by atoms with Crippen molar-refractivity contribution in [3.63, 3.8) is 0 Å². The summed E-state index contributed by atoms with van der Waals surface area (Å²) in [7, 11) is 3.40. The van der Waals surface area contributed by atoms with Crippen molar-refractivity contribution >= 4 is 11.8 Å². The number of piperidine rings is 1. The van der Waals surface area contributed by atoms with Crippen LogP contribution in [0, 0.1) is 0 Å². The predicted octanol–water partition coefficient (Wildman–Crippen LogP) is 6.70. The second kappa shape index (κ2) is 16.2. The van der Waals surface area contributed by atoms with Gasteiger partial charge >= 0.3 is 6.09 Å². The number of benzene rings is 3. The fourth-order valence-electron chi connectivity index (χ4n) is 6.59. The fraction of sp³-hybridized carbons (Fsp3) is 0.447. The number of carbonyl (C=O) groups is 1. The standard InChI is InChI=1S/C38H46N2O7/c1-42-21-8-19-39-20-22-44-35-18-13-29(23-34(35)39)27-45-36-25-40(38(41)46-26-28-9-4-3-5-10-28)37(47-32-11-6-7-12-32)24-33(36)30-14-16-31(43-2)17-15-30/h3-6,9-11,13-18,23,32-33,36-37H,7-8,12,19-22,24-27H2,1-2H3. The van der Waals surface area contributed by atoms with E-state index in [1.54, 1.807) is 19.1 Å². The Bertz CT molecular complexity index is 1460. The van der Waals surface area contributed by atoms with Crippen LogP contribution in [0.5, 0.6) is 11.5 Å². The number of amides is 1. The van der Waals surface area contributed by atoms with Gasteiger partial charge in [0.2, 0.25) is 0 Å². The smallest absolute Gasteiger partial charge is 0.412 e. The highest BCUT2D eigenvalue weighted by Crippen LogP contribution is 2.38. The molecule has 9 heteroatoms. The molecule has 0 N–H and O–H groups in total. The van der Waals surface area contributed by atoms with Crippen molar-refractivity contribution in [1.29, 1.82) is 0 Å². The maximum atomic E-state index is 13.7. The lowest BCUT2D eigenvalue weighted by atomic mass is 9.86. The van der Waals surface area contributed by atoms with E-state index < -0.39 is 12.3 Å². The second-order valence-electron chi connectivity index (χ2n) is 12.3. The molecule has 47 heavy (non-hydrogen) atoms. The molecule has 0 radical (unpaired) electrons. The summed E-state index contributed by atoms with van der Waals surface area (Å²) in [4.78, 5) is 17.8. The SMILES string of the molecule is COCCCN1CCOc2ccc(COC3CN(C(=O)OCc4ccccc4)C(OC4C=CCC4)CC3c3ccc(OC)cc3)cc21. The number of methoxy groups -OCH3 is 2. The Kier molecular flexibility index (Phi) is 11.3. The molecule has 0 spiro atoms. The first-order valence-electron chi connectivity index (χ1n) is 16.7. The first-order chi connectivity index (χ1) is 23.1. The summed E-state index contributed by atoms with van der Waals surface area (Å²) in [5.41, 5.74) is 4.18. The van der Waals surface area contributed by atoms with E-state index in [0.29, 0.717) is 26.2 Å². The minimum Gasteiger partial charge on any atom is -0.497 e. The largest absolute Gasteiger partial charge is 0.497 e. The van der Waals surface area contributed by atoms with E-state index in [4.69, 9.17) is 28.4 Å². The van der Waals surface area contributed by atoms with Gasteiger partial charge in [-0.05, 0) is 60.2 Å². The van der Waals surface area contributed by atoms with Crippen LogP contribution < -0.4 is 14.4 Å². The molecule has 1 aliphatic carbocycles. The van der Waals surface area contributed by atoms with Crippen molar-refractivity contribution in [3.8, 4) is 11.5 Å². The van der Waals surface area contributed by atoms with Crippen molar-refractivity contribution in [3.05, 3.63) is 102 Å². The second-order valence-corrected chi connectivity index (χ2v) is 12.3. The van der Waals surface area contributed by atoms with Crippen LogP contribution in [0.25, 0.3) is 0 Å². The molecule has 2 aliphatic heterocycles. The molecule has 6 rings (SSSR count). The number of nitrogens with zero attached hydrogens (tertiary/aromatic N) is 2. The first kappa shape index (κ1) is 32.9. The minimum atomic E-state index is -0.459. The number of ether oxygens (including phenoxy) is 6. The van der Waals surface area contributed by atoms with E-state index in [2.05, 4.69) is 41.3 Å². The van der Waals surface area contributed by atoms with Crippen molar-refractivity contribution in [2.75, 3.05) is 52.0 Å². The Balaban J connectivity index is 1.23. The third-order valence-electron chi connectivity index (χ3n) is 9.14. The van der Waals surface area contributed by atoms with Gasteiger partial charge in [-0.3, -0.25) is 4.90 Å². The van der Waals surface area contributed by atoms with E-state index in [1.165, 1.54) is 0 Å². The summed E-state index contributed by atoms with van der Waals surface area (Å²) in [6.07, 6.45) is 6.43. The minimum absolute atomic E-state index is 0.0130. The van der Waals surface area contributed by atoms with Crippen LogP contribution in [0.15, 0.2) is 84.9 Å². The van der Waals surface area contributed by atoms with Crippen LogP contribution in [0.2, 0.25) is 0 Å². The lowest BCUT2D eigenvalue weighted by Crippen LogP contribution is -2.54. The summed E-state index contributed by atoms with van der Waals surface area (Å²) in [5.74, 6) is 1.67. The molecule has 0 bridgehead atoms. The van der Waals surface area contributed by atoms with Crippen LogP contribution >= 0.6 is 0 Å². The van der Waals surface area contributed by atoms with Crippen LogP contribution in [0.1, 0.15) is 48.3 Å². The van der Waals surface area contributed by atoms with Crippen LogP contribution in [0.3, 0.4) is 0 Å². The lowest BCUT2D eigenvalue weighted by Gasteiger charge is -2.43. The van der Waals surface area contributed by atoms with E-state index >= 15 is 0 Å². The number of hydrogen-bond donors (Lipinski definition) is 0. The van der Waals surface area contributed by atoms with Gasteiger partial charge in [0.05, 0.1) is 44.7 Å². The molecule has 3 aromatic carbocycles. The number of carbonyl (C=O) groups excluding carboxylic acids is 1. The zero-order valence-electron chi connectivity index (χ0n) is 27.4. The van der Waals surface area contributed by atoms with Crippen molar-refractivity contribution < 1.29 is 33.2 Å². The van der Waals surface area contributed by atoms with Gasteiger partial charge in [0.25, 0.3) is 0 Å². The maximum Gasteiger partial charge on any atom is 0.412 e. The highest BCUT2D eigenvalue weighted by molar-refractivity contribution is 5.68. The van der Waals surface area contributed by atoms with E-state index in [1.807, 2.05) is 48.5 Å². The topological polar surface area (TPSA) is 78.9 Å². The summed E-state index contributed by atoms with van der Waals surface area (Å²) < 4.78 is 35.9. The third kappa shape index (κ3) is 8.46. The lowest BCUT2D eigenvalue weighted by molar-refractivity contribution is -0.134. The number of rotatable bonds is 13. The molecule has 9 nitrogen and oxygen atoms in total. The van der Waals surface area contributed by atoms with Gasteiger partial charge in [0.1, 0.15) is 30.9 Å². The maximum absolute atomic E-state index is 13.7. The summed E-state index contributed by atoms with van der Waals surface area (Å²) in [6, 6.07) is 24.1. The molecule has 2 heterocycles. The predicted molar refractivity (Wildman–Crippen MR) is 180 cm³/mol. The zero-order chi connectivity index (χ0) is 32.4. The number of fused-ring (bicyclic) bond motifs is 1. The fourth-order valence-corrected chi connectivity index (χ4v) is 6.59. The van der Waals surface area contributed by atoms with Crippen molar-refractivity contribution in [2.24, 2.45) is 0 Å². The molecular formula is C38H46N2O7. The average molecular weight is 643 g/mol. The van der Waals surface area contributed by atoms with Gasteiger partial charge in [-0.15, -0.1) is 0 Å². The number of hydrogen-bond acceptors (Lipinski definition) is 8. The van der Waals surface area contributed by atoms with E-state index in [0.717, 1.165) is 72.8 Å². The van der Waals surface area contributed by atoms with Crippen molar-refractivity contribution in [1.82, 2.24) is 4.90 Å². The van der Waals surface area contributed by atoms with Gasteiger partial charge in [0.15, 0.2) is 0 Å². The molecule has 0 aromatic heterocycles. The molecule has 1 saturated heterocycles. The molecule has 250 valence electrons. The van der Waals surface area contributed by atoms with Gasteiger partial charge < -0.3 is 33.3 Å². The van der Waals surface area contributed by atoms with E-state index in [-0.39, 0.29) is 24.7 Å². The average Bonchev–Trinajstić information content (AvgIpc) is 3.63. The quantitative estimate of drug-likeness (QED) is 0.151. The van der Waals surface area contributed by atoms with Crippen LogP contribution in [0.4, 0.5) is 10.5 Å². The Labute approximate surface area is 277 Å². The number of anilines is 1. The van der Waals surface area contributed by atoms with Crippen molar-refractivity contribution in [2.45, 2.75) is 63.3 Å². The summed E-state index contributed by atoms with van der Waals surface area (Å²) >= 11 is 0. The molecular weight excluding hydrogens is 596 g/mol. The highest BCUT2D eigenvalue weighted by Gasteiger charge is 2.41. The van der Waals surface area contributed by atoms with Gasteiger partial charge in [-0.1, -0.05) is 60.7 Å². The molecule has 3 aromatic rings. The van der Waals surface area contributed by atoms with Gasteiger partial charge in [-0.2, -0.15) is 0 Å². The molecule has 3 aliphatic rings. The Morgan fingerprint density at radius 3 is 2.60 bits per heavy atom. The normalized spacial score (nSPS) is 22.1. The Hall–Kier alpha value is -4.05. The van der Waals surface area contributed by atoms with Crippen LogP contribution in [-0.4, -0.2) is 76.5 Å². The van der Waals surface area contributed by atoms with E-state index in [9.17, 15) is 4.79 Å². The Morgan fingerprint density at radius 2 is 1.83 bits per heavy atom. The summed E-state index contributed by atoms with van der Waals surface area (Å²) in [6.45, 7) is 4.03. The molecule has 4 atom stereocenters. The van der Waals surface area contributed by atoms with Gasteiger partial charge in [0, 0.05) is 32.6 Å².